The first-order chi connectivity index (χ1) is 9.00. The van der Waals surface area contributed by atoms with Crippen molar-refractivity contribution in [2.24, 2.45) is 5.73 Å². The second-order valence-electron chi connectivity index (χ2n) is 5.36. The molecule has 1 unspecified atom stereocenters. The van der Waals surface area contributed by atoms with Crippen molar-refractivity contribution in [3.63, 3.8) is 0 Å². The summed E-state index contributed by atoms with van der Waals surface area (Å²) in [6, 6.07) is 10.1. The van der Waals surface area contributed by atoms with E-state index in [2.05, 4.69) is 38.2 Å². The predicted molar refractivity (Wildman–Crippen MR) is 87.2 cm³/mol. The van der Waals surface area contributed by atoms with Crippen LogP contribution < -0.4 is 11.1 Å². The lowest BCUT2D eigenvalue weighted by molar-refractivity contribution is -0.121. The smallest absolute Gasteiger partial charge is 0.220 e. The van der Waals surface area contributed by atoms with E-state index in [0.29, 0.717) is 13.0 Å². The van der Waals surface area contributed by atoms with Gasteiger partial charge < -0.3 is 11.1 Å². The van der Waals surface area contributed by atoms with Gasteiger partial charge in [0.25, 0.3) is 0 Å². The van der Waals surface area contributed by atoms with Gasteiger partial charge in [-0.1, -0.05) is 51.1 Å². The minimum atomic E-state index is -0.272. The number of amides is 1. The number of nitrogens with two attached hydrogens (primary N) is 1. The molecule has 0 radical (unpaired) electrons. The minimum absolute atomic E-state index is 0. The fraction of sp³-hybridized carbons (Fsp3) is 0.562. The first-order valence-corrected chi connectivity index (χ1v) is 7.11. The number of carbonyl (C=O) groups is 1. The van der Waals surface area contributed by atoms with Crippen LogP contribution in [0, 0.1) is 0 Å². The van der Waals surface area contributed by atoms with Crippen molar-refractivity contribution in [1.29, 1.82) is 0 Å². The largest absolute Gasteiger partial charge is 0.354 e. The molecule has 1 rings (SSSR count). The van der Waals surface area contributed by atoms with Crippen molar-refractivity contribution in [1.82, 2.24) is 5.32 Å². The second kappa shape index (κ2) is 8.98. The fourth-order valence-electron chi connectivity index (χ4n) is 2.02. The summed E-state index contributed by atoms with van der Waals surface area (Å²) in [6.07, 6.45) is 2.25. The summed E-state index contributed by atoms with van der Waals surface area (Å²) < 4.78 is 0. The summed E-state index contributed by atoms with van der Waals surface area (Å²) >= 11 is 0. The van der Waals surface area contributed by atoms with Crippen molar-refractivity contribution >= 4 is 18.3 Å². The summed E-state index contributed by atoms with van der Waals surface area (Å²) in [6.45, 7) is 6.75. The van der Waals surface area contributed by atoms with Gasteiger partial charge >= 0.3 is 0 Å². The lowest BCUT2D eigenvalue weighted by atomic mass is 9.93. The van der Waals surface area contributed by atoms with Gasteiger partial charge in [0.05, 0.1) is 0 Å². The Morgan fingerprint density at radius 2 is 1.80 bits per heavy atom. The fourth-order valence-corrected chi connectivity index (χ4v) is 2.02. The molecule has 1 amide bonds. The van der Waals surface area contributed by atoms with E-state index in [1.165, 1.54) is 5.56 Å². The molecule has 0 spiro atoms. The van der Waals surface area contributed by atoms with Crippen LogP contribution in [-0.4, -0.2) is 18.0 Å². The number of carbonyl (C=O) groups excluding carboxylic acids is 1. The third kappa shape index (κ3) is 5.93. The molecule has 1 aromatic rings. The van der Waals surface area contributed by atoms with E-state index in [4.69, 9.17) is 5.73 Å². The number of hydrogen-bond donors (Lipinski definition) is 2. The lowest BCUT2D eigenvalue weighted by Crippen LogP contribution is -2.49. The monoisotopic (exact) mass is 298 g/mol. The summed E-state index contributed by atoms with van der Waals surface area (Å²) in [5, 5.41) is 2.96. The van der Waals surface area contributed by atoms with E-state index in [9.17, 15) is 4.79 Å². The number of hydrogen-bond acceptors (Lipinski definition) is 2. The third-order valence-corrected chi connectivity index (χ3v) is 3.91. The number of nitrogens with one attached hydrogen (secondary N) is 1. The van der Waals surface area contributed by atoms with Crippen LogP contribution in [0.1, 0.15) is 51.5 Å². The van der Waals surface area contributed by atoms with Crippen LogP contribution in [0.5, 0.6) is 0 Å². The Bertz CT molecular complexity index is 391. The maximum Gasteiger partial charge on any atom is 0.220 e. The number of halogens is 1. The van der Waals surface area contributed by atoms with E-state index in [0.717, 1.165) is 12.8 Å². The molecule has 0 saturated carbocycles. The maximum atomic E-state index is 11.9. The molecule has 1 atom stereocenters. The summed E-state index contributed by atoms with van der Waals surface area (Å²) in [5.41, 5.74) is 7.10. The highest BCUT2D eigenvalue weighted by Crippen LogP contribution is 2.18. The van der Waals surface area contributed by atoms with Gasteiger partial charge in [-0.05, 0) is 24.3 Å². The zero-order valence-corrected chi connectivity index (χ0v) is 13.5. The van der Waals surface area contributed by atoms with Crippen LogP contribution in [0.2, 0.25) is 0 Å². The second-order valence-corrected chi connectivity index (χ2v) is 5.36. The quantitative estimate of drug-likeness (QED) is 0.812. The molecule has 114 valence electrons. The van der Waals surface area contributed by atoms with Gasteiger partial charge in [-0.3, -0.25) is 4.79 Å². The van der Waals surface area contributed by atoms with Gasteiger partial charge in [-0.25, -0.2) is 0 Å². The molecule has 0 heterocycles. The molecule has 0 aliphatic rings. The topological polar surface area (TPSA) is 55.1 Å². The highest BCUT2D eigenvalue weighted by Gasteiger charge is 2.21. The molecule has 0 fully saturated rings. The van der Waals surface area contributed by atoms with Crippen LogP contribution in [0.15, 0.2) is 30.3 Å². The lowest BCUT2D eigenvalue weighted by Gasteiger charge is -2.27. The van der Waals surface area contributed by atoms with Crippen molar-refractivity contribution in [3.8, 4) is 0 Å². The van der Waals surface area contributed by atoms with Crippen LogP contribution in [-0.2, 0) is 4.79 Å². The van der Waals surface area contributed by atoms with Gasteiger partial charge in [0, 0.05) is 18.5 Å². The Kier molecular flexibility index (Phi) is 8.51. The molecule has 0 aliphatic heterocycles. The van der Waals surface area contributed by atoms with Crippen LogP contribution >= 0.6 is 12.4 Å². The molecule has 0 aromatic heterocycles. The standard InChI is InChI=1S/C16H26N2O.ClH/c1-4-16(17,5-2)12-18-15(19)11-13(3)14-9-7-6-8-10-14;/h6-10,13H,4-5,11-12,17H2,1-3H3,(H,18,19);1H. The molecule has 1 aromatic carbocycles. The molecule has 0 saturated heterocycles. The average Bonchev–Trinajstić information content (AvgIpc) is 2.45. The zero-order chi connectivity index (χ0) is 14.3. The molecule has 0 aliphatic carbocycles. The maximum absolute atomic E-state index is 11.9. The molecular weight excluding hydrogens is 272 g/mol. The summed E-state index contributed by atoms with van der Waals surface area (Å²) in [7, 11) is 0. The number of benzene rings is 1. The molecular formula is C16H27ClN2O. The van der Waals surface area contributed by atoms with Crippen LogP contribution in [0.25, 0.3) is 0 Å². The highest BCUT2D eigenvalue weighted by atomic mass is 35.5. The van der Waals surface area contributed by atoms with E-state index in [1.807, 2.05) is 18.2 Å². The van der Waals surface area contributed by atoms with Gasteiger partial charge in [0.15, 0.2) is 0 Å². The minimum Gasteiger partial charge on any atom is -0.354 e. The molecule has 3 N–H and O–H groups in total. The van der Waals surface area contributed by atoms with E-state index >= 15 is 0 Å². The normalized spacial score (nSPS) is 12.4. The van der Waals surface area contributed by atoms with Gasteiger partial charge in [-0.15, -0.1) is 12.4 Å². The van der Waals surface area contributed by atoms with E-state index in [1.54, 1.807) is 0 Å². The first-order valence-electron chi connectivity index (χ1n) is 7.11. The molecule has 3 nitrogen and oxygen atoms in total. The molecule has 4 heteroatoms. The van der Waals surface area contributed by atoms with Crippen molar-refractivity contribution in [2.75, 3.05) is 6.54 Å². The molecule has 0 bridgehead atoms. The van der Waals surface area contributed by atoms with Crippen LogP contribution in [0.3, 0.4) is 0 Å². The summed E-state index contributed by atoms with van der Waals surface area (Å²) in [5.74, 6) is 0.310. The van der Waals surface area contributed by atoms with Gasteiger partial charge in [0.1, 0.15) is 0 Å². The first kappa shape index (κ1) is 18.9. The van der Waals surface area contributed by atoms with Crippen molar-refractivity contribution in [3.05, 3.63) is 35.9 Å². The van der Waals surface area contributed by atoms with Crippen molar-refractivity contribution in [2.45, 2.75) is 51.5 Å². The Labute approximate surface area is 128 Å². The molecule has 20 heavy (non-hydrogen) atoms. The van der Waals surface area contributed by atoms with Crippen LogP contribution in [0.4, 0.5) is 0 Å². The Morgan fingerprint density at radius 3 is 2.30 bits per heavy atom. The van der Waals surface area contributed by atoms with E-state index < -0.39 is 0 Å². The Hall–Kier alpha value is -1.06. The predicted octanol–water partition coefficient (Wildman–Crippen LogP) is 3.24. The van der Waals surface area contributed by atoms with Crippen molar-refractivity contribution < 1.29 is 4.79 Å². The average molecular weight is 299 g/mol. The highest BCUT2D eigenvalue weighted by molar-refractivity contribution is 5.85. The number of rotatable bonds is 7. The SMILES string of the molecule is CCC(N)(CC)CNC(=O)CC(C)c1ccccc1.Cl. The zero-order valence-electron chi connectivity index (χ0n) is 12.7. The van der Waals surface area contributed by atoms with E-state index in [-0.39, 0.29) is 29.8 Å². The van der Waals surface area contributed by atoms with Gasteiger partial charge in [0.2, 0.25) is 5.91 Å². The third-order valence-electron chi connectivity index (χ3n) is 3.91. The summed E-state index contributed by atoms with van der Waals surface area (Å²) in [4.78, 5) is 11.9. The Balaban J connectivity index is 0.00000361. The Morgan fingerprint density at radius 1 is 1.25 bits per heavy atom. The van der Waals surface area contributed by atoms with Gasteiger partial charge in [-0.2, -0.15) is 0 Å².